The van der Waals surface area contributed by atoms with Crippen molar-refractivity contribution in [3.63, 3.8) is 0 Å². The van der Waals surface area contributed by atoms with Gasteiger partial charge in [-0.15, -0.1) is 0 Å². The normalized spacial score (nSPS) is 17.8. The van der Waals surface area contributed by atoms with Crippen LogP contribution in [0.1, 0.15) is 60.4 Å². The molecule has 35 heavy (non-hydrogen) atoms. The summed E-state index contributed by atoms with van der Waals surface area (Å²) in [6.07, 6.45) is 3.92. The summed E-state index contributed by atoms with van der Waals surface area (Å²) in [4.78, 5) is 22.2. The van der Waals surface area contributed by atoms with Crippen molar-refractivity contribution in [1.82, 2.24) is 19.4 Å². The third kappa shape index (κ3) is 4.37. The van der Waals surface area contributed by atoms with Gasteiger partial charge in [-0.1, -0.05) is 24.8 Å². The van der Waals surface area contributed by atoms with Crippen LogP contribution in [-0.4, -0.2) is 58.6 Å². The van der Waals surface area contributed by atoms with E-state index in [9.17, 15) is 13.6 Å². The number of imidazole rings is 1. The summed E-state index contributed by atoms with van der Waals surface area (Å²) in [5.74, 6) is 6.80. The molecule has 1 saturated heterocycles. The molecule has 1 fully saturated rings. The zero-order valence-corrected chi connectivity index (χ0v) is 19.9. The first-order valence-corrected chi connectivity index (χ1v) is 12.1. The number of halogens is 2. The first-order chi connectivity index (χ1) is 17.0. The molecule has 0 radical (unpaired) electrons. The molecule has 0 aliphatic carbocycles. The van der Waals surface area contributed by atoms with E-state index in [0.29, 0.717) is 28.8 Å². The third-order valence-electron chi connectivity index (χ3n) is 6.81. The Labute approximate surface area is 203 Å². The number of likely N-dealkylation sites (tertiary alicyclic amines) is 1. The number of benzene rings is 2. The maximum atomic E-state index is 13.3. The number of aromatic nitrogens is 2. The number of para-hydroxylation sites is 1. The molecular formula is C27H28F2N4O2. The van der Waals surface area contributed by atoms with Gasteiger partial charge in [0, 0.05) is 25.6 Å². The lowest BCUT2D eigenvalue weighted by Gasteiger charge is -2.24. The Balaban J connectivity index is 1.63. The van der Waals surface area contributed by atoms with E-state index < -0.39 is 6.61 Å². The summed E-state index contributed by atoms with van der Waals surface area (Å²) in [5.41, 5.74) is 2.81. The highest BCUT2D eigenvalue weighted by Gasteiger charge is 2.35. The van der Waals surface area contributed by atoms with E-state index in [-0.39, 0.29) is 23.4 Å². The molecule has 0 spiro atoms. The van der Waals surface area contributed by atoms with Gasteiger partial charge >= 0.3 is 6.61 Å². The highest BCUT2D eigenvalue weighted by molar-refractivity contribution is 6.00. The van der Waals surface area contributed by atoms with Gasteiger partial charge in [-0.3, -0.25) is 9.36 Å². The topological polar surface area (TPSA) is 50.6 Å². The van der Waals surface area contributed by atoms with Crippen LogP contribution in [0.15, 0.2) is 36.4 Å². The van der Waals surface area contributed by atoms with Crippen LogP contribution >= 0.6 is 0 Å². The predicted molar refractivity (Wildman–Crippen MR) is 130 cm³/mol. The van der Waals surface area contributed by atoms with E-state index in [2.05, 4.69) is 16.7 Å². The Morgan fingerprint density at radius 2 is 2.00 bits per heavy atom. The molecular weight excluding hydrogens is 450 g/mol. The lowest BCUT2D eigenvalue weighted by molar-refractivity contribution is -0.0498. The van der Waals surface area contributed by atoms with Crippen molar-refractivity contribution in [3.05, 3.63) is 53.3 Å². The van der Waals surface area contributed by atoms with Gasteiger partial charge < -0.3 is 14.5 Å². The van der Waals surface area contributed by atoms with Gasteiger partial charge in [-0.2, -0.15) is 8.78 Å². The SMILES string of the molecule is CCC1c2nc3ccc(C#CCCN4CCCC4)cc3n2-c2c(OC(F)F)cccc2C(=O)N1C. The smallest absolute Gasteiger partial charge is 0.387 e. The molecule has 2 aliphatic heterocycles. The van der Waals surface area contributed by atoms with Crippen LogP contribution in [0.5, 0.6) is 5.75 Å². The minimum Gasteiger partial charge on any atom is -0.433 e. The van der Waals surface area contributed by atoms with Gasteiger partial charge in [0.15, 0.2) is 5.75 Å². The number of nitrogens with zero attached hydrogens (tertiary/aromatic N) is 4. The molecule has 1 amide bonds. The number of fused-ring (bicyclic) bond motifs is 5. The molecule has 182 valence electrons. The van der Waals surface area contributed by atoms with Crippen molar-refractivity contribution >= 4 is 16.9 Å². The van der Waals surface area contributed by atoms with Crippen LogP contribution in [-0.2, 0) is 0 Å². The molecule has 0 bridgehead atoms. The van der Waals surface area contributed by atoms with Crippen LogP contribution in [0, 0.1) is 11.8 Å². The highest BCUT2D eigenvalue weighted by atomic mass is 19.3. The fourth-order valence-corrected chi connectivity index (χ4v) is 5.09. The fourth-order valence-electron chi connectivity index (χ4n) is 5.09. The average molecular weight is 479 g/mol. The lowest BCUT2D eigenvalue weighted by Crippen LogP contribution is -2.30. The largest absolute Gasteiger partial charge is 0.433 e. The van der Waals surface area contributed by atoms with Crippen molar-refractivity contribution < 1.29 is 18.3 Å². The van der Waals surface area contributed by atoms with Gasteiger partial charge in [-0.25, -0.2) is 4.98 Å². The van der Waals surface area contributed by atoms with Crippen LogP contribution < -0.4 is 4.74 Å². The summed E-state index contributed by atoms with van der Waals surface area (Å²) >= 11 is 0. The summed E-state index contributed by atoms with van der Waals surface area (Å²) in [7, 11) is 1.72. The van der Waals surface area contributed by atoms with Gasteiger partial charge in [-0.05, 0) is 62.7 Å². The fraction of sp³-hybridized carbons (Fsp3) is 0.407. The van der Waals surface area contributed by atoms with Crippen LogP contribution in [0.25, 0.3) is 16.7 Å². The van der Waals surface area contributed by atoms with E-state index in [1.54, 1.807) is 28.6 Å². The van der Waals surface area contributed by atoms with Crippen molar-refractivity contribution in [3.8, 4) is 23.3 Å². The Bertz CT molecular complexity index is 1320. The van der Waals surface area contributed by atoms with Crippen LogP contribution in [0.3, 0.4) is 0 Å². The van der Waals surface area contributed by atoms with E-state index in [1.165, 1.54) is 18.9 Å². The third-order valence-corrected chi connectivity index (χ3v) is 6.81. The van der Waals surface area contributed by atoms with Crippen molar-refractivity contribution in [1.29, 1.82) is 0 Å². The maximum Gasteiger partial charge on any atom is 0.387 e. The van der Waals surface area contributed by atoms with Gasteiger partial charge in [0.2, 0.25) is 0 Å². The minimum absolute atomic E-state index is 0.0568. The van der Waals surface area contributed by atoms with Crippen LogP contribution in [0.2, 0.25) is 0 Å². The first kappa shape index (κ1) is 23.3. The van der Waals surface area contributed by atoms with E-state index in [0.717, 1.165) is 31.6 Å². The second-order valence-electron chi connectivity index (χ2n) is 8.98. The number of hydrogen-bond acceptors (Lipinski definition) is 4. The Morgan fingerprint density at radius 1 is 1.20 bits per heavy atom. The Morgan fingerprint density at radius 3 is 2.74 bits per heavy atom. The van der Waals surface area contributed by atoms with Crippen molar-refractivity contribution in [2.24, 2.45) is 0 Å². The number of ether oxygens (including phenoxy) is 1. The molecule has 5 rings (SSSR count). The van der Waals surface area contributed by atoms with E-state index >= 15 is 0 Å². The molecule has 6 nitrogen and oxygen atoms in total. The molecule has 8 heteroatoms. The van der Waals surface area contributed by atoms with Crippen molar-refractivity contribution in [2.45, 2.75) is 45.3 Å². The van der Waals surface area contributed by atoms with Gasteiger partial charge in [0.05, 0.1) is 22.6 Å². The number of alkyl halides is 2. The molecule has 1 aromatic heterocycles. The molecule has 3 aromatic rings. The number of hydrogen-bond donors (Lipinski definition) is 0. The quantitative estimate of drug-likeness (QED) is 0.485. The second-order valence-corrected chi connectivity index (χ2v) is 8.98. The number of carbonyl (C=O) groups excluding carboxylic acids is 1. The second kappa shape index (κ2) is 9.67. The lowest BCUT2D eigenvalue weighted by atomic mass is 10.1. The van der Waals surface area contributed by atoms with Crippen LogP contribution in [0.4, 0.5) is 8.78 Å². The number of rotatable bonds is 5. The van der Waals surface area contributed by atoms with E-state index in [4.69, 9.17) is 9.72 Å². The monoisotopic (exact) mass is 478 g/mol. The zero-order chi connectivity index (χ0) is 24.5. The van der Waals surface area contributed by atoms with E-state index in [1.807, 2.05) is 25.1 Å². The van der Waals surface area contributed by atoms with Gasteiger partial charge in [0.25, 0.3) is 5.91 Å². The summed E-state index contributed by atoms with van der Waals surface area (Å²) in [6, 6.07) is 10.1. The number of carbonyl (C=O) groups is 1. The predicted octanol–water partition coefficient (Wildman–Crippen LogP) is 5.00. The number of amides is 1. The summed E-state index contributed by atoms with van der Waals surface area (Å²) in [5, 5.41) is 0. The molecule has 3 heterocycles. The highest BCUT2D eigenvalue weighted by Crippen LogP contribution is 2.40. The zero-order valence-electron chi connectivity index (χ0n) is 19.9. The molecule has 1 unspecified atom stereocenters. The minimum atomic E-state index is -3.02. The van der Waals surface area contributed by atoms with Gasteiger partial charge in [0.1, 0.15) is 11.5 Å². The molecule has 0 N–H and O–H groups in total. The molecule has 2 aliphatic rings. The molecule has 2 aromatic carbocycles. The first-order valence-electron chi connectivity index (χ1n) is 12.1. The standard InChI is InChI=1S/C27H28F2N4O2/c1-3-21-25-30-20-13-12-18(9-4-5-14-32-15-6-7-16-32)17-22(20)33(25)24-19(26(34)31(21)2)10-8-11-23(24)35-27(28)29/h8,10-13,17,21,27H,3,5-7,14-16H2,1-2H3. The molecule has 0 saturated carbocycles. The van der Waals surface area contributed by atoms with Crippen molar-refractivity contribution in [2.75, 3.05) is 26.7 Å². The average Bonchev–Trinajstić information content (AvgIpc) is 3.47. The maximum absolute atomic E-state index is 13.3. The summed E-state index contributed by atoms with van der Waals surface area (Å²) in [6.45, 7) is 2.20. The Hall–Kier alpha value is -3.44. The molecule has 1 atom stereocenters. The Kier molecular flexibility index (Phi) is 6.44. The summed E-state index contributed by atoms with van der Waals surface area (Å²) < 4.78 is 33.3.